The van der Waals surface area contributed by atoms with Crippen molar-refractivity contribution in [3.8, 4) is 0 Å². The number of anilines is 1. The van der Waals surface area contributed by atoms with E-state index in [1.165, 1.54) is 11.3 Å². The second-order valence-corrected chi connectivity index (χ2v) is 5.85. The van der Waals surface area contributed by atoms with E-state index in [0.29, 0.717) is 5.41 Å². The zero-order valence-electron chi connectivity index (χ0n) is 11.4. The molecule has 1 N–H and O–H groups in total. The zero-order valence-corrected chi connectivity index (χ0v) is 11.4. The normalized spacial score (nSPS) is 11.5. The van der Waals surface area contributed by atoms with Crippen LogP contribution >= 0.6 is 0 Å². The Bertz CT molecular complexity index is 481. The highest BCUT2D eigenvalue weighted by molar-refractivity contribution is 5.45. The summed E-state index contributed by atoms with van der Waals surface area (Å²) < 4.78 is 2.07. The lowest BCUT2D eigenvalue weighted by Gasteiger charge is -2.20. The number of aromatic nitrogens is 2. The second-order valence-electron chi connectivity index (χ2n) is 5.85. The summed E-state index contributed by atoms with van der Waals surface area (Å²) in [5, 5.41) is 3.48. The Labute approximate surface area is 109 Å². The molecule has 0 aliphatic carbocycles. The molecule has 0 radical (unpaired) electrons. The number of imidazole rings is 1. The van der Waals surface area contributed by atoms with Crippen LogP contribution in [0.25, 0.3) is 0 Å². The van der Waals surface area contributed by atoms with E-state index < -0.39 is 0 Å². The summed E-state index contributed by atoms with van der Waals surface area (Å²) in [7, 11) is 0. The molecule has 0 aliphatic rings. The molecule has 0 spiro atoms. The molecule has 3 heteroatoms. The van der Waals surface area contributed by atoms with Gasteiger partial charge in [-0.05, 0) is 23.1 Å². The van der Waals surface area contributed by atoms with Gasteiger partial charge in [-0.2, -0.15) is 0 Å². The van der Waals surface area contributed by atoms with Gasteiger partial charge in [0, 0.05) is 31.2 Å². The van der Waals surface area contributed by atoms with Crippen molar-refractivity contribution in [3.05, 3.63) is 48.5 Å². The highest BCUT2D eigenvalue weighted by Crippen LogP contribution is 2.17. The summed E-state index contributed by atoms with van der Waals surface area (Å²) >= 11 is 0. The topological polar surface area (TPSA) is 29.9 Å². The molecule has 2 aromatic rings. The fourth-order valence-corrected chi connectivity index (χ4v) is 1.74. The molecule has 0 saturated heterocycles. The van der Waals surface area contributed by atoms with E-state index in [1.54, 1.807) is 0 Å². The van der Waals surface area contributed by atoms with E-state index in [9.17, 15) is 0 Å². The van der Waals surface area contributed by atoms with Gasteiger partial charge in [-0.25, -0.2) is 4.98 Å². The standard InChI is InChI=1S/C15H21N3/c1-15(2,3)11-17-14-6-4-5-13(9-14)10-18-8-7-16-12-18/h4-9,12,17H,10-11H2,1-3H3. The quantitative estimate of drug-likeness (QED) is 0.892. The number of rotatable bonds is 4. The minimum atomic E-state index is 0.292. The first-order valence-electron chi connectivity index (χ1n) is 6.31. The average molecular weight is 243 g/mol. The van der Waals surface area contributed by atoms with E-state index in [-0.39, 0.29) is 0 Å². The van der Waals surface area contributed by atoms with E-state index in [1.807, 2.05) is 18.7 Å². The largest absolute Gasteiger partial charge is 0.385 e. The monoisotopic (exact) mass is 243 g/mol. The maximum atomic E-state index is 4.06. The predicted molar refractivity (Wildman–Crippen MR) is 75.7 cm³/mol. The lowest BCUT2D eigenvalue weighted by atomic mass is 9.97. The zero-order chi connectivity index (χ0) is 13.0. The lowest BCUT2D eigenvalue weighted by molar-refractivity contribution is 0.443. The van der Waals surface area contributed by atoms with Gasteiger partial charge in [-0.15, -0.1) is 0 Å². The maximum Gasteiger partial charge on any atom is 0.0949 e. The fourth-order valence-electron chi connectivity index (χ4n) is 1.74. The summed E-state index contributed by atoms with van der Waals surface area (Å²) in [5.41, 5.74) is 2.76. The van der Waals surface area contributed by atoms with Crippen LogP contribution in [-0.2, 0) is 6.54 Å². The van der Waals surface area contributed by atoms with Crippen molar-refractivity contribution in [2.75, 3.05) is 11.9 Å². The van der Waals surface area contributed by atoms with Crippen LogP contribution < -0.4 is 5.32 Å². The van der Waals surface area contributed by atoms with Crippen molar-refractivity contribution >= 4 is 5.69 Å². The van der Waals surface area contributed by atoms with E-state index in [4.69, 9.17) is 0 Å². The molecule has 3 nitrogen and oxygen atoms in total. The number of hydrogen-bond donors (Lipinski definition) is 1. The Kier molecular flexibility index (Phi) is 3.70. The Morgan fingerprint density at radius 3 is 2.78 bits per heavy atom. The molecule has 96 valence electrons. The van der Waals surface area contributed by atoms with Crippen molar-refractivity contribution in [1.29, 1.82) is 0 Å². The Morgan fingerprint density at radius 2 is 2.11 bits per heavy atom. The van der Waals surface area contributed by atoms with Gasteiger partial charge in [-0.3, -0.25) is 0 Å². The van der Waals surface area contributed by atoms with Crippen molar-refractivity contribution in [3.63, 3.8) is 0 Å². The number of benzene rings is 1. The van der Waals surface area contributed by atoms with Crippen LogP contribution in [-0.4, -0.2) is 16.1 Å². The summed E-state index contributed by atoms with van der Waals surface area (Å²) in [6.45, 7) is 8.53. The molecule has 0 fully saturated rings. The molecule has 0 bridgehead atoms. The smallest absolute Gasteiger partial charge is 0.0949 e. The molecule has 0 unspecified atom stereocenters. The van der Waals surface area contributed by atoms with Crippen LogP contribution in [0.1, 0.15) is 26.3 Å². The predicted octanol–water partition coefficient (Wildman–Crippen LogP) is 3.39. The van der Waals surface area contributed by atoms with Crippen molar-refractivity contribution in [2.24, 2.45) is 5.41 Å². The minimum absolute atomic E-state index is 0.292. The first kappa shape index (κ1) is 12.7. The maximum absolute atomic E-state index is 4.06. The molecule has 0 saturated carbocycles. The van der Waals surface area contributed by atoms with Gasteiger partial charge >= 0.3 is 0 Å². The summed E-state index contributed by atoms with van der Waals surface area (Å²) in [5.74, 6) is 0. The highest BCUT2D eigenvalue weighted by atomic mass is 15.0. The molecule has 2 rings (SSSR count). The number of hydrogen-bond acceptors (Lipinski definition) is 2. The van der Waals surface area contributed by atoms with Crippen molar-refractivity contribution in [1.82, 2.24) is 9.55 Å². The van der Waals surface area contributed by atoms with Gasteiger partial charge in [0.25, 0.3) is 0 Å². The fraction of sp³-hybridized carbons (Fsp3) is 0.400. The third-order valence-electron chi connectivity index (χ3n) is 2.67. The third-order valence-corrected chi connectivity index (χ3v) is 2.67. The average Bonchev–Trinajstić information content (AvgIpc) is 2.79. The van der Waals surface area contributed by atoms with Gasteiger partial charge in [-0.1, -0.05) is 32.9 Å². The first-order chi connectivity index (χ1) is 8.53. The van der Waals surface area contributed by atoms with Crippen molar-refractivity contribution in [2.45, 2.75) is 27.3 Å². The molecule has 1 aromatic heterocycles. The summed E-state index contributed by atoms with van der Waals surface area (Å²) in [6.07, 6.45) is 5.63. The Morgan fingerprint density at radius 1 is 1.28 bits per heavy atom. The lowest BCUT2D eigenvalue weighted by Crippen LogP contribution is -2.19. The van der Waals surface area contributed by atoms with Gasteiger partial charge in [0.2, 0.25) is 0 Å². The first-order valence-corrected chi connectivity index (χ1v) is 6.31. The Hall–Kier alpha value is -1.77. The molecule has 1 aromatic carbocycles. The minimum Gasteiger partial charge on any atom is -0.385 e. The molecular weight excluding hydrogens is 222 g/mol. The Balaban J connectivity index is 2.01. The van der Waals surface area contributed by atoms with Crippen LogP contribution in [0.2, 0.25) is 0 Å². The van der Waals surface area contributed by atoms with Crippen LogP contribution in [0.5, 0.6) is 0 Å². The SMILES string of the molecule is CC(C)(C)CNc1cccc(Cn2ccnc2)c1. The van der Waals surface area contributed by atoms with Crippen LogP contribution in [0.4, 0.5) is 5.69 Å². The van der Waals surface area contributed by atoms with E-state index in [2.05, 4.69) is 59.9 Å². The molecule has 1 heterocycles. The van der Waals surface area contributed by atoms with Gasteiger partial charge in [0.05, 0.1) is 6.33 Å². The molecular formula is C15H21N3. The van der Waals surface area contributed by atoms with Crippen molar-refractivity contribution < 1.29 is 0 Å². The highest BCUT2D eigenvalue weighted by Gasteiger charge is 2.09. The van der Waals surface area contributed by atoms with Crippen LogP contribution in [0.15, 0.2) is 43.0 Å². The van der Waals surface area contributed by atoms with Gasteiger partial charge in [0.1, 0.15) is 0 Å². The summed E-state index contributed by atoms with van der Waals surface area (Å²) in [6, 6.07) is 8.55. The number of nitrogens with zero attached hydrogens (tertiary/aromatic N) is 2. The van der Waals surface area contributed by atoms with Gasteiger partial charge in [0.15, 0.2) is 0 Å². The van der Waals surface area contributed by atoms with Crippen LogP contribution in [0.3, 0.4) is 0 Å². The third kappa shape index (κ3) is 3.91. The second kappa shape index (κ2) is 5.25. The number of nitrogens with one attached hydrogen (secondary N) is 1. The molecule has 0 aliphatic heterocycles. The van der Waals surface area contributed by atoms with E-state index >= 15 is 0 Å². The van der Waals surface area contributed by atoms with Gasteiger partial charge < -0.3 is 9.88 Å². The summed E-state index contributed by atoms with van der Waals surface area (Å²) in [4.78, 5) is 4.06. The van der Waals surface area contributed by atoms with E-state index in [0.717, 1.165) is 13.1 Å². The molecule has 0 atom stereocenters. The molecule has 0 amide bonds. The molecule has 18 heavy (non-hydrogen) atoms. The van der Waals surface area contributed by atoms with Crippen LogP contribution in [0, 0.1) is 5.41 Å².